The SMILES string of the molecule is Nc1ccc([N+](=O)[O-])cc1C(=O)OCC(=O)N1c2ccccc2NC(=O)C12CCCC2. The smallest absolute Gasteiger partial charge is 0.341 e. The Kier molecular flexibility index (Phi) is 5.05. The number of nitrogens with one attached hydrogen (secondary N) is 1. The van der Waals surface area contributed by atoms with Crippen LogP contribution in [0.1, 0.15) is 36.0 Å². The fourth-order valence-corrected chi connectivity index (χ4v) is 4.23. The number of esters is 1. The Bertz CT molecular complexity index is 1090. The maximum Gasteiger partial charge on any atom is 0.341 e. The average molecular weight is 424 g/mol. The molecule has 10 heteroatoms. The number of hydrogen-bond acceptors (Lipinski definition) is 7. The van der Waals surface area contributed by atoms with E-state index in [1.165, 1.54) is 17.0 Å². The number of rotatable bonds is 4. The zero-order chi connectivity index (χ0) is 22.2. The predicted octanol–water partition coefficient (Wildman–Crippen LogP) is 2.63. The maximum atomic E-state index is 13.2. The van der Waals surface area contributed by atoms with E-state index in [1.807, 2.05) is 0 Å². The van der Waals surface area contributed by atoms with Gasteiger partial charge in [0.25, 0.3) is 17.5 Å². The molecule has 10 nitrogen and oxygen atoms in total. The molecular formula is C21H20N4O6. The summed E-state index contributed by atoms with van der Waals surface area (Å²) in [4.78, 5) is 50.3. The number of carbonyl (C=O) groups excluding carboxylic acids is 3. The van der Waals surface area contributed by atoms with Gasteiger partial charge < -0.3 is 15.8 Å². The highest BCUT2D eigenvalue weighted by atomic mass is 16.6. The van der Waals surface area contributed by atoms with Crippen LogP contribution in [0.5, 0.6) is 0 Å². The summed E-state index contributed by atoms with van der Waals surface area (Å²) in [5.74, 6) is -1.77. The quantitative estimate of drug-likeness (QED) is 0.332. The van der Waals surface area contributed by atoms with Crippen LogP contribution in [0.25, 0.3) is 0 Å². The summed E-state index contributed by atoms with van der Waals surface area (Å²) >= 11 is 0. The number of nitro benzene ring substituents is 1. The minimum absolute atomic E-state index is 0.00184. The predicted molar refractivity (Wildman–Crippen MR) is 112 cm³/mol. The molecule has 0 radical (unpaired) electrons. The summed E-state index contributed by atoms with van der Waals surface area (Å²) in [7, 11) is 0. The van der Waals surface area contributed by atoms with Crippen molar-refractivity contribution in [1.82, 2.24) is 0 Å². The van der Waals surface area contributed by atoms with Crippen molar-refractivity contribution in [3.8, 4) is 0 Å². The number of benzene rings is 2. The van der Waals surface area contributed by atoms with E-state index in [0.717, 1.165) is 18.9 Å². The number of nitrogens with two attached hydrogens (primary N) is 1. The number of hydrogen-bond donors (Lipinski definition) is 2. The summed E-state index contributed by atoms with van der Waals surface area (Å²) in [5.41, 5.74) is 5.25. The van der Waals surface area contributed by atoms with Crippen LogP contribution in [0.4, 0.5) is 22.7 Å². The van der Waals surface area contributed by atoms with Gasteiger partial charge in [-0.3, -0.25) is 24.6 Å². The van der Waals surface area contributed by atoms with Crippen molar-refractivity contribution in [3.05, 3.63) is 58.1 Å². The largest absolute Gasteiger partial charge is 0.452 e. The van der Waals surface area contributed by atoms with Crippen LogP contribution < -0.4 is 16.0 Å². The van der Waals surface area contributed by atoms with Crippen molar-refractivity contribution < 1.29 is 24.0 Å². The van der Waals surface area contributed by atoms with Gasteiger partial charge in [-0.2, -0.15) is 0 Å². The molecule has 0 aromatic heterocycles. The number of amides is 2. The molecule has 1 saturated carbocycles. The van der Waals surface area contributed by atoms with Gasteiger partial charge in [0.15, 0.2) is 6.61 Å². The molecule has 1 heterocycles. The average Bonchev–Trinajstić information content (AvgIpc) is 3.23. The van der Waals surface area contributed by atoms with E-state index in [4.69, 9.17) is 10.5 Å². The Morgan fingerprint density at radius 1 is 1.19 bits per heavy atom. The van der Waals surface area contributed by atoms with Crippen LogP contribution in [-0.4, -0.2) is 34.9 Å². The molecule has 0 bridgehead atoms. The van der Waals surface area contributed by atoms with Gasteiger partial charge in [-0.15, -0.1) is 0 Å². The molecule has 2 amide bonds. The van der Waals surface area contributed by atoms with E-state index < -0.39 is 28.9 Å². The van der Waals surface area contributed by atoms with Gasteiger partial charge in [0, 0.05) is 17.8 Å². The van der Waals surface area contributed by atoms with Crippen molar-refractivity contribution >= 4 is 40.5 Å². The molecule has 0 atom stereocenters. The molecule has 0 unspecified atom stereocenters. The summed E-state index contributed by atoms with van der Waals surface area (Å²) in [6, 6.07) is 10.3. The lowest BCUT2D eigenvalue weighted by molar-refractivity contribution is -0.384. The van der Waals surface area contributed by atoms with Crippen LogP contribution in [0.15, 0.2) is 42.5 Å². The first-order valence-electron chi connectivity index (χ1n) is 9.78. The van der Waals surface area contributed by atoms with Crippen LogP contribution >= 0.6 is 0 Å². The third-order valence-electron chi connectivity index (χ3n) is 5.72. The van der Waals surface area contributed by atoms with Crippen molar-refractivity contribution in [2.24, 2.45) is 0 Å². The van der Waals surface area contributed by atoms with Gasteiger partial charge in [-0.05, 0) is 31.0 Å². The lowest BCUT2D eigenvalue weighted by Gasteiger charge is -2.44. The van der Waals surface area contributed by atoms with Gasteiger partial charge in [0.1, 0.15) is 5.54 Å². The standard InChI is InChI=1S/C21H20N4O6/c22-15-8-7-13(25(29)30)11-14(15)19(27)31-12-18(26)24-17-6-2-1-5-16(17)23-20(28)21(24)9-3-4-10-21/h1-2,5-8,11H,3-4,9-10,12,22H2,(H,23,28). The molecule has 1 fully saturated rings. The number of nitrogens with zero attached hydrogens (tertiary/aromatic N) is 2. The summed E-state index contributed by atoms with van der Waals surface area (Å²) in [6.45, 7) is -0.635. The molecular weight excluding hydrogens is 404 g/mol. The van der Waals surface area contributed by atoms with E-state index in [1.54, 1.807) is 24.3 Å². The Balaban J connectivity index is 1.59. The van der Waals surface area contributed by atoms with Crippen LogP contribution in [0.2, 0.25) is 0 Å². The number of non-ortho nitro benzene ring substituents is 1. The molecule has 160 valence electrons. The number of fused-ring (bicyclic) bond motifs is 1. The molecule has 1 spiro atoms. The normalized spacial score (nSPS) is 16.5. The second-order valence-corrected chi connectivity index (χ2v) is 7.54. The van der Waals surface area contributed by atoms with Gasteiger partial charge in [-0.25, -0.2) is 4.79 Å². The fourth-order valence-electron chi connectivity index (χ4n) is 4.23. The fraction of sp³-hybridized carbons (Fsp3) is 0.286. The van der Waals surface area contributed by atoms with E-state index in [-0.39, 0.29) is 22.8 Å². The van der Waals surface area contributed by atoms with Gasteiger partial charge in [0.2, 0.25) is 0 Å². The number of anilines is 3. The van der Waals surface area contributed by atoms with E-state index in [2.05, 4.69) is 5.32 Å². The number of nitrogen functional groups attached to an aromatic ring is 1. The number of carbonyl (C=O) groups is 3. The molecule has 4 rings (SSSR count). The zero-order valence-corrected chi connectivity index (χ0v) is 16.5. The molecule has 2 aromatic rings. The third kappa shape index (κ3) is 3.45. The summed E-state index contributed by atoms with van der Waals surface area (Å²) in [5, 5.41) is 13.8. The molecule has 0 saturated heterocycles. The molecule has 31 heavy (non-hydrogen) atoms. The highest BCUT2D eigenvalue weighted by Gasteiger charge is 2.52. The second kappa shape index (κ2) is 7.71. The van der Waals surface area contributed by atoms with Gasteiger partial charge >= 0.3 is 5.97 Å². The molecule has 3 N–H and O–H groups in total. The first-order chi connectivity index (χ1) is 14.8. The number of ether oxygens (including phenoxy) is 1. The Morgan fingerprint density at radius 3 is 2.61 bits per heavy atom. The van der Waals surface area contributed by atoms with E-state index in [9.17, 15) is 24.5 Å². The highest BCUT2D eigenvalue weighted by Crippen LogP contribution is 2.45. The molecule has 2 aliphatic rings. The van der Waals surface area contributed by atoms with Gasteiger partial charge in [-0.1, -0.05) is 25.0 Å². The van der Waals surface area contributed by atoms with Crippen molar-refractivity contribution in [2.45, 2.75) is 31.2 Å². The molecule has 1 aliphatic carbocycles. The topological polar surface area (TPSA) is 145 Å². The monoisotopic (exact) mass is 424 g/mol. The first kappa shape index (κ1) is 20.3. The van der Waals surface area contributed by atoms with Crippen LogP contribution in [-0.2, 0) is 14.3 Å². The molecule has 1 aliphatic heterocycles. The Morgan fingerprint density at radius 2 is 1.90 bits per heavy atom. The lowest BCUT2D eigenvalue weighted by atomic mass is 9.90. The van der Waals surface area contributed by atoms with Gasteiger partial charge in [0.05, 0.1) is 21.9 Å². The van der Waals surface area contributed by atoms with Crippen molar-refractivity contribution in [2.75, 3.05) is 22.6 Å². The zero-order valence-electron chi connectivity index (χ0n) is 16.5. The Hall–Kier alpha value is -3.95. The minimum atomic E-state index is -1.03. The van der Waals surface area contributed by atoms with E-state index >= 15 is 0 Å². The van der Waals surface area contributed by atoms with Crippen molar-refractivity contribution in [1.29, 1.82) is 0 Å². The van der Waals surface area contributed by atoms with Crippen LogP contribution in [0.3, 0.4) is 0 Å². The van der Waals surface area contributed by atoms with Crippen molar-refractivity contribution in [3.63, 3.8) is 0 Å². The third-order valence-corrected chi connectivity index (χ3v) is 5.72. The number of nitro groups is 1. The number of para-hydroxylation sites is 2. The summed E-state index contributed by atoms with van der Waals surface area (Å²) in [6.07, 6.45) is 2.60. The molecule has 2 aromatic carbocycles. The lowest BCUT2D eigenvalue weighted by Crippen LogP contribution is -2.61. The maximum absolute atomic E-state index is 13.2. The minimum Gasteiger partial charge on any atom is -0.452 e. The Labute approximate surface area is 177 Å². The van der Waals surface area contributed by atoms with E-state index in [0.29, 0.717) is 24.2 Å². The first-order valence-corrected chi connectivity index (χ1v) is 9.78. The van der Waals surface area contributed by atoms with Crippen LogP contribution in [0, 0.1) is 10.1 Å². The second-order valence-electron chi connectivity index (χ2n) is 7.54. The highest BCUT2D eigenvalue weighted by molar-refractivity contribution is 6.15. The summed E-state index contributed by atoms with van der Waals surface area (Å²) < 4.78 is 5.15.